The first kappa shape index (κ1) is 21.0. The van der Waals surface area contributed by atoms with Crippen LogP contribution in [0, 0.1) is 0 Å². The van der Waals surface area contributed by atoms with Gasteiger partial charge in [0.2, 0.25) is 11.9 Å². The first-order chi connectivity index (χ1) is 11.7. The van der Waals surface area contributed by atoms with Crippen LogP contribution in [-0.2, 0) is 16.0 Å². The zero-order chi connectivity index (χ0) is 18.9. The van der Waals surface area contributed by atoms with Crippen LogP contribution in [0.25, 0.3) is 0 Å². The molecule has 0 radical (unpaired) electrons. The van der Waals surface area contributed by atoms with Crippen LogP contribution in [0.4, 0.5) is 10.7 Å². The molecule has 0 aliphatic carbocycles. The SMILES string of the molecule is CCCCCCC(=O)NCCCc1cn(C(=O)OC(C)(C)C)c(N)n1. The van der Waals surface area contributed by atoms with Gasteiger partial charge in [0.15, 0.2) is 0 Å². The number of unbranched alkanes of at least 4 members (excludes halogenated alkanes) is 3. The van der Waals surface area contributed by atoms with E-state index in [1.807, 2.05) is 0 Å². The molecule has 1 heterocycles. The van der Waals surface area contributed by atoms with E-state index in [2.05, 4.69) is 17.2 Å². The summed E-state index contributed by atoms with van der Waals surface area (Å²) in [5.74, 6) is 0.208. The van der Waals surface area contributed by atoms with Gasteiger partial charge in [-0.1, -0.05) is 26.2 Å². The van der Waals surface area contributed by atoms with Crippen LogP contribution in [0.2, 0.25) is 0 Å². The van der Waals surface area contributed by atoms with Crippen molar-refractivity contribution in [1.29, 1.82) is 0 Å². The molecule has 0 saturated heterocycles. The van der Waals surface area contributed by atoms with Crippen LogP contribution >= 0.6 is 0 Å². The highest BCUT2D eigenvalue weighted by Gasteiger charge is 2.20. The van der Waals surface area contributed by atoms with Crippen LogP contribution in [0.15, 0.2) is 6.20 Å². The summed E-state index contributed by atoms with van der Waals surface area (Å²) in [6.07, 6.45) is 7.40. The minimum atomic E-state index is -0.588. The van der Waals surface area contributed by atoms with Gasteiger partial charge in [0.1, 0.15) is 5.60 Å². The normalized spacial score (nSPS) is 11.4. The number of nitrogen functional groups attached to an aromatic ring is 1. The monoisotopic (exact) mass is 352 g/mol. The maximum Gasteiger partial charge on any atom is 0.421 e. The second-order valence-corrected chi connectivity index (χ2v) is 7.20. The molecule has 3 N–H and O–H groups in total. The number of aromatic nitrogens is 2. The Kier molecular flexibility index (Phi) is 8.45. The number of carbonyl (C=O) groups is 2. The highest BCUT2D eigenvalue weighted by atomic mass is 16.6. The van der Waals surface area contributed by atoms with Gasteiger partial charge in [-0.3, -0.25) is 4.79 Å². The van der Waals surface area contributed by atoms with Gasteiger partial charge in [0, 0.05) is 19.2 Å². The summed E-state index contributed by atoms with van der Waals surface area (Å²) >= 11 is 0. The van der Waals surface area contributed by atoms with Crippen molar-refractivity contribution in [2.24, 2.45) is 0 Å². The number of carbonyl (C=O) groups excluding carboxylic acids is 2. The Morgan fingerprint density at radius 3 is 2.60 bits per heavy atom. The molecule has 0 bridgehead atoms. The van der Waals surface area contributed by atoms with E-state index in [0.717, 1.165) is 19.3 Å². The molecule has 0 spiro atoms. The van der Waals surface area contributed by atoms with Crippen LogP contribution in [0.5, 0.6) is 0 Å². The van der Waals surface area contributed by atoms with Crippen LogP contribution < -0.4 is 11.1 Å². The van der Waals surface area contributed by atoms with Gasteiger partial charge in [-0.05, 0) is 40.0 Å². The minimum Gasteiger partial charge on any atom is -0.443 e. The van der Waals surface area contributed by atoms with E-state index in [-0.39, 0.29) is 11.9 Å². The van der Waals surface area contributed by atoms with Crippen molar-refractivity contribution >= 4 is 17.9 Å². The third kappa shape index (κ3) is 8.56. The van der Waals surface area contributed by atoms with Gasteiger partial charge in [0.05, 0.1) is 5.69 Å². The Hall–Kier alpha value is -2.05. The molecular weight excluding hydrogens is 320 g/mol. The summed E-state index contributed by atoms with van der Waals surface area (Å²) in [6.45, 7) is 8.13. The van der Waals surface area contributed by atoms with Crippen molar-refractivity contribution in [3.63, 3.8) is 0 Å². The largest absolute Gasteiger partial charge is 0.443 e. The van der Waals surface area contributed by atoms with Crippen molar-refractivity contribution in [2.75, 3.05) is 12.3 Å². The van der Waals surface area contributed by atoms with Gasteiger partial charge in [-0.25, -0.2) is 14.3 Å². The lowest BCUT2D eigenvalue weighted by Crippen LogP contribution is -2.27. The van der Waals surface area contributed by atoms with Gasteiger partial charge < -0.3 is 15.8 Å². The maximum absolute atomic E-state index is 12.0. The van der Waals surface area contributed by atoms with Crippen LogP contribution in [0.1, 0.15) is 71.9 Å². The number of nitrogens with one attached hydrogen (secondary N) is 1. The second kappa shape index (κ2) is 10.1. The van der Waals surface area contributed by atoms with E-state index in [1.165, 1.54) is 17.4 Å². The summed E-state index contributed by atoms with van der Waals surface area (Å²) in [5, 5.41) is 2.91. The Morgan fingerprint density at radius 2 is 1.96 bits per heavy atom. The second-order valence-electron chi connectivity index (χ2n) is 7.20. The predicted octanol–water partition coefficient (Wildman–Crippen LogP) is 3.27. The smallest absolute Gasteiger partial charge is 0.421 e. The average molecular weight is 352 g/mol. The van der Waals surface area contributed by atoms with E-state index in [1.54, 1.807) is 27.0 Å². The van der Waals surface area contributed by atoms with Gasteiger partial charge in [-0.2, -0.15) is 0 Å². The van der Waals surface area contributed by atoms with E-state index < -0.39 is 11.7 Å². The first-order valence-corrected chi connectivity index (χ1v) is 9.06. The zero-order valence-corrected chi connectivity index (χ0v) is 15.9. The van der Waals surface area contributed by atoms with Crippen LogP contribution in [-0.4, -0.2) is 33.7 Å². The molecule has 7 heteroatoms. The number of hydrogen-bond acceptors (Lipinski definition) is 5. The molecule has 142 valence electrons. The lowest BCUT2D eigenvalue weighted by atomic mass is 10.1. The molecule has 0 saturated carbocycles. The number of rotatable bonds is 9. The molecule has 0 aliphatic rings. The molecule has 1 aromatic rings. The van der Waals surface area contributed by atoms with Crippen molar-refractivity contribution < 1.29 is 14.3 Å². The van der Waals surface area contributed by atoms with E-state index in [9.17, 15) is 9.59 Å². The van der Waals surface area contributed by atoms with Gasteiger partial charge in [-0.15, -0.1) is 0 Å². The molecule has 1 rings (SSSR count). The Bertz CT molecular complexity index is 561. The lowest BCUT2D eigenvalue weighted by molar-refractivity contribution is -0.121. The van der Waals surface area contributed by atoms with Crippen molar-refractivity contribution in [2.45, 2.75) is 78.2 Å². The van der Waals surface area contributed by atoms with Crippen molar-refractivity contribution in [3.05, 3.63) is 11.9 Å². The molecule has 25 heavy (non-hydrogen) atoms. The van der Waals surface area contributed by atoms with Crippen LogP contribution in [0.3, 0.4) is 0 Å². The highest BCUT2D eigenvalue weighted by molar-refractivity contribution is 5.75. The third-order valence-electron chi connectivity index (χ3n) is 3.56. The molecular formula is C18H32N4O3. The molecule has 0 aromatic carbocycles. The van der Waals surface area contributed by atoms with Crippen molar-refractivity contribution in [3.8, 4) is 0 Å². The quantitative estimate of drug-likeness (QED) is 0.665. The Labute approximate surface area is 150 Å². The number of imidazole rings is 1. The Balaban J connectivity index is 2.33. The molecule has 1 amide bonds. The standard InChI is InChI=1S/C18H32N4O3/c1-5-6-7-8-11-15(23)20-12-9-10-14-13-22(16(19)21-14)17(24)25-18(2,3)4/h13H,5-12H2,1-4H3,(H2,19,21)(H,20,23). The molecule has 0 aliphatic heterocycles. The third-order valence-corrected chi connectivity index (χ3v) is 3.56. The summed E-state index contributed by atoms with van der Waals surface area (Å²) in [4.78, 5) is 27.9. The van der Waals surface area contributed by atoms with Crippen molar-refractivity contribution in [1.82, 2.24) is 14.9 Å². The number of anilines is 1. The number of amides is 1. The first-order valence-electron chi connectivity index (χ1n) is 9.06. The predicted molar refractivity (Wildman–Crippen MR) is 98.4 cm³/mol. The number of hydrogen-bond donors (Lipinski definition) is 2. The summed E-state index contributed by atoms with van der Waals surface area (Å²) in [5.41, 5.74) is 5.90. The number of aryl methyl sites for hydroxylation is 1. The zero-order valence-electron chi connectivity index (χ0n) is 15.9. The summed E-state index contributed by atoms with van der Waals surface area (Å²) in [6, 6.07) is 0. The highest BCUT2D eigenvalue weighted by Crippen LogP contribution is 2.13. The maximum atomic E-state index is 12.0. The topological polar surface area (TPSA) is 99.2 Å². The average Bonchev–Trinajstić information content (AvgIpc) is 2.87. The molecule has 0 atom stereocenters. The van der Waals surface area contributed by atoms with E-state index in [0.29, 0.717) is 25.1 Å². The fraction of sp³-hybridized carbons (Fsp3) is 0.722. The fourth-order valence-corrected chi connectivity index (χ4v) is 2.32. The molecule has 1 aromatic heterocycles. The number of nitrogens with two attached hydrogens (primary N) is 1. The Morgan fingerprint density at radius 1 is 1.24 bits per heavy atom. The summed E-state index contributed by atoms with van der Waals surface area (Å²) in [7, 11) is 0. The summed E-state index contributed by atoms with van der Waals surface area (Å²) < 4.78 is 6.49. The number of ether oxygens (including phenoxy) is 1. The molecule has 0 fully saturated rings. The minimum absolute atomic E-state index is 0.0925. The van der Waals surface area contributed by atoms with E-state index >= 15 is 0 Å². The number of nitrogens with zero attached hydrogens (tertiary/aromatic N) is 2. The molecule has 7 nitrogen and oxygen atoms in total. The van der Waals surface area contributed by atoms with E-state index in [4.69, 9.17) is 10.5 Å². The van der Waals surface area contributed by atoms with Gasteiger partial charge in [0.25, 0.3) is 0 Å². The fourth-order valence-electron chi connectivity index (χ4n) is 2.32. The van der Waals surface area contributed by atoms with Gasteiger partial charge >= 0.3 is 6.09 Å². The lowest BCUT2D eigenvalue weighted by Gasteiger charge is -2.19. The molecule has 0 unspecified atom stereocenters.